The molecule has 0 spiro atoms. The molecule has 0 atom stereocenters. The predicted molar refractivity (Wildman–Crippen MR) is 88.8 cm³/mol. The fraction of sp³-hybridized carbons (Fsp3) is 0.188. The molecule has 1 amide bonds. The Balaban J connectivity index is 1.92. The third kappa shape index (κ3) is 3.47. The number of amides is 1. The van der Waals surface area contributed by atoms with Crippen LogP contribution in [0.3, 0.4) is 0 Å². The van der Waals surface area contributed by atoms with Gasteiger partial charge in [-0.1, -0.05) is 0 Å². The third-order valence-electron chi connectivity index (χ3n) is 3.55. The Bertz CT molecular complexity index is 975. The Labute approximate surface area is 143 Å². The van der Waals surface area contributed by atoms with Crippen molar-refractivity contribution < 1.29 is 22.0 Å². The van der Waals surface area contributed by atoms with Crippen LogP contribution in [0.15, 0.2) is 41.3 Å². The Morgan fingerprint density at radius 3 is 2.48 bits per heavy atom. The van der Waals surface area contributed by atoms with E-state index in [1.165, 1.54) is 24.3 Å². The van der Waals surface area contributed by atoms with Gasteiger partial charge in [-0.3, -0.25) is 4.79 Å². The van der Waals surface area contributed by atoms with Gasteiger partial charge in [-0.2, -0.15) is 4.72 Å². The zero-order chi connectivity index (χ0) is 18.4. The fourth-order valence-corrected chi connectivity index (χ4v) is 4.04. The van der Waals surface area contributed by atoms with Crippen LogP contribution in [0.1, 0.15) is 24.2 Å². The fourth-order valence-electron chi connectivity index (χ4n) is 2.52. The molecule has 2 aromatic rings. The number of carbonyl (C=O) groups is 1. The average molecular weight is 367 g/mol. The van der Waals surface area contributed by atoms with E-state index in [-0.39, 0.29) is 16.1 Å². The van der Waals surface area contributed by atoms with Crippen molar-refractivity contribution in [1.82, 2.24) is 4.72 Å². The van der Waals surface area contributed by atoms with Gasteiger partial charge in [0.1, 0.15) is 4.90 Å². The summed E-state index contributed by atoms with van der Waals surface area (Å²) in [7, 11) is -3.79. The predicted octanol–water partition coefficient (Wildman–Crippen LogP) is 2.66. The summed E-state index contributed by atoms with van der Waals surface area (Å²) in [6, 6.07) is 7.08. The molecule has 0 fully saturated rings. The molecule has 0 radical (unpaired) electrons. The number of benzene rings is 2. The molecule has 3 rings (SSSR count). The second-order valence-corrected chi connectivity index (χ2v) is 7.80. The molecule has 3 N–H and O–H groups in total. The zero-order valence-corrected chi connectivity index (χ0v) is 14.2. The standard InChI is InChI=1S/C16H15F2N3O3S/c1-16(2)20-13-6-3-9(7-14(13)25(23,24)21-16)15(22)19-10-4-5-11(17)12(18)8-10/h3-8,20-21H,1-2H3,(H,19,22). The quantitative estimate of drug-likeness (QED) is 0.762. The van der Waals surface area contributed by atoms with E-state index < -0.39 is 33.2 Å². The second kappa shape index (κ2) is 5.78. The van der Waals surface area contributed by atoms with Gasteiger partial charge in [0.05, 0.1) is 11.4 Å². The van der Waals surface area contributed by atoms with Gasteiger partial charge in [-0.25, -0.2) is 17.2 Å². The Hall–Kier alpha value is -2.52. The number of hydrogen-bond donors (Lipinski definition) is 3. The molecule has 0 aromatic heterocycles. The molecule has 9 heteroatoms. The van der Waals surface area contributed by atoms with Crippen molar-refractivity contribution >= 4 is 27.3 Å². The molecule has 1 heterocycles. The first-order chi connectivity index (χ1) is 11.6. The van der Waals surface area contributed by atoms with E-state index in [1.807, 2.05) is 0 Å². The normalized spacial score (nSPS) is 17.3. The Morgan fingerprint density at radius 1 is 1.08 bits per heavy atom. The van der Waals surface area contributed by atoms with Crippen LogP contribution >= 0.6 is 0 Å². The van der Waals surface area contributed by atoms with E-state index in [0.29, 0.717) is 5.69 Å². The van der Waals surface area contributed by atoms with E-state index in [4.69, 9.17) is 0 Å². The van der Waals surface area contributed by atoms with Crippen molar-refractivity contribution in [3.8, 4) is 0 Å². The molecule has 0 saturated heterocycles. The van der Waals surface area contributed by atoms with E-state index in [9.17, 15) is 22.0 Å². The van der Waals surface area contributed by atoms with E-state index in [2.05, 4.69) is 15.4 Å². The number of fused-ring (bicyclic) bond motifs is 1. The van der Waals surface area contributed by atoms with E-state index in [1.54, 1.807) is 13.8 Å². The molecule has 0 saturated carbocycles. The van der Waals surface area contributed by atoms with Crippen LogP contribution in [0.2, 0.25) is 0 Å². The van der Waals surface area contributed by atoms with Crippen LogP contribution < -0.4 is 15.4 Å². The molecule has 6 nitrogen and oxygen atoms in total. The summed E-state index contributed by atoms with van der Waals surface area (Å²) < 4.78 is 53.3. The summed E-state index contributed by atoms with van der Waals surface area (Å²) in [5.74, 6) is -2.77. The van der Waals surface area contributed by atoms with Gasteiger partial charge in [0.25, 0.3) is 5.91 Å². The maximum absolute atomic E-state index is 13.2. The van der Waals surface area contributed by atoms with Crippen LogP contribution in [0.5, 0.6) is 0 Å². The molecular weight excluding hydrogens is 352 g/mol. The first-order valence-corrected chi connectivity index (χ1v) is 8.78. The number of rotatable bonds is 2. The summed E-state index contributed by atoms with van der Waals surface area (Å²) in [6.45, 7) is 3.33. The van der Waals surface area contributed by atoms with Crippen LogP contribution in [0.25, 0.3) is 0 Å². The molecule has 0 aliphatic carbocycles. The van der Waals surface area contributed by atoms with Gasteiger partial charge in [0, 0.05) is 17.3 Å². The number of halogens is 2. The van der Waals surface area contributed by atoms with Crippen molar-refractivity contribution in [3.05, 3.63) is 53.6 Å². The number of anilines is 2. The molecule has 1 aliphatic heterocycles. The van der Waals surface area contributed by atoms with Crippen molar-refractivity contribution in [2.24, 2.45) is 0 Å². The topological polar surface area (TPSA) is 87.3 Å². The van der Waals surface area contributed by atoms with Crippen molar-refractivity contribution in [3.63, 3.8) is 0 Å². The smallest absolute Gasteiger partial charge is 0.255 e. The van der Waals surface area contributed by atoms with Gasteiger partial charge < -0.3 is 10.6 Å². The molecule has 0 unspecified atom stereocenters. The highest BCUT2D eigenvalue weighted by atomic mass is 32.2. The number of sulfonamides is 1. The first-order valence-electron chi connectivity index (χ1n) is 7.30. The molecule has 132 valence electrons. The molecule has 2 aromatic carbocycles. The number of carbonyl (C=O) groups excluding carboxylic acids is 1. The lowest BCUT2D eigenvalue weighted by Crippen LogP contribution is -2.52. The highest BCUT2D eigenvalue weighted by Crippen LogP contribution is 2.30. The lowest BCUT2D eigenvalue weighted by Gasteiger charge is -2.34. The second-order valence-electron chi connectivity index (χ2n) is 6.15. The minimum atomic E-state index is -3.79. The third-order valence-corrected chi connectivity index (χ3v) is 5.24. The monoisotopic (exact) mass is 367 g/mol. The van der Waals surface area contributed by atoms with Crippen molar-refractivity contribution in [2.75, 3.05) is 10.6 Å². The molecule has 25 heavy (non-hydrogen) atoms. The minimum Gasteiger partial charge on any atom is -0.366 e. The molecule has 0 bridgehead atoms. The highest BCUT2D eigenvalue weighted by Gasteiger charge is 2.34. The van der Waals surface area contributed by atoms with E-state index in [0.717, 1.165) is 12.1 Å². The van der Waals surface area contributed by atoms with Crippen LogP contribution in [-0.2, 0) is 10.0 Å². The average Bonchev–Trinajstić information content (AvgIpc) is 2.48. The Morgan fingerprint density at radius 2 is 1.80 bits per heavy atom. The van der Waals surface area contributed by atoms with Gasteiger partial charge in [-0.15, -0.1) is 0 Å². The lowest BCUT2D eigenvalue weighted by atomic mass is 10.1. The maximum atomic E-state index is 13.2. The highest BCUT2D eigenvalue weighted by molar-refractivity contribution is 7.89. The molecule has 1 aliphatic rings. The van der Waals surface area contributed by atoms with Crippen LogP contribution in [-0.4, -0.2) is 20.0 Å². The number of hydrogen-bond acceptors (Lipinski definition) is 4. The first kappa shape index (κ1) is 17.3. The van der Waals surface area contributed by atoms with Gasteiger partial charge in [-0.05, 0) is 44.2 Å². The molecular formula is C16H15F2N3O3S. The SMILES string of the molecule is CC1(C)Nc2ccc(C(=O)Nc3ccc(F)c(F)c3)cc2S(=O)(=O)N1. The summed E-state index contributed by atoms with van der Waals surface area (Å²) in [6.07, 6.45) is 0. The summed E-state index contributed by atoms with van der Waals surface area (Å²) in [4.78, 5) is 12.2. The number of nitrogens with one attached hydrogen (secondary N) is 3. The zero-order valence-electron chi connectivity index (χ0n) is 13.4. The van der Waals surface area contributed by atoms with Crippen LogP contribution in [0.4, 0.5) is 20.2 Å². The van der Waals surface area contributed by atoms with Crippen LogP contribution in [0, 0.1) is 11.6 Å². The largest absolute Gasteiger partial charge is 0.366 e. The summed E-state index contributed by atoms with van der Waals surface area (Å²) >= 11 is 0. The van der Waals surface area contributed by atoms with Gasteiger partial charge in [0.2, 0.25) is 10.0 Å². The lowest BCUT2D eigenvalue weighted by molar-refractivity contribution is 0.102. The van der Waals surface area contributed by atoms with Gasteiger partial charge in [0.15, 0.2) is 11.6 Å². The maximum Gasteiger partial charge on any atom is 0.255 e. The summed E-state index contributed by atoms with van der Waals surface area (Å²) in [5.41, 5.74) is -0.369. The van der Waals surface area contributed by atoms with Crippen molar-refractivity contribution in [1.29, 1.82) is 0 Å². The van der Waals surface area contributed by atoms with Gasteiger partial charge >= 0.3 is 0 Å². The minimum absolute atomic E-state index is 0.0573. The Kier molecular flexibility index (Phi) is 4.00. The van der Waals surface area contributed by atoms with E-state index >= 15 is 0 Å². The summed E-state index contributed by atoms with van der Waals surface area (Å²) in [5, 5.41) is 5.40. The van der Waals surface area contributed by atoms with Crippen molar-refractivity contribution in [2.45, 2.75) is 24.4 Å².